The van der Waals surface area contributed by atoms with E-state index in [1.165, 1.54) is 40.4 Å². The zero-order valence-electron chi connectivity index (χ0n) is 11.8. The number of hydrogen-bond donors (Lipinski definition) is 0. The highest BCUT2D eigenvalue weighted by Crippen LogP contribution is 2.45. The molecule has 0 saturated carbocycles. The average molecular weight is 307 g/mol. The first kappa shape index (κ1) is 14.6. The minimum atomic E-state index is 1.29. The molecule has 0 spiro atoms. The summed E-state index contributed by atoms with van der Waals surface area (Å²) in [4.78, 5) is 2.70. The fourth-order valence-electron chi connectivity index (χ4n) is 2.16. The molecule has 2 rings (SSSR count). The van der Waals surface area contributed by atoms with E-state index in [1.54, 1.807) is 0 Å². The molecule has 2 heterocycles. The van der Waals surface area contributed by atoms with Gasteiger partial charge in [0.2, 0.25) is 0 Å². The fourth-order valence-corrected chi connectivity index (χ4v) is 6.37. The maximum Gasteiger partial charge on any atom is 0.0692 e. The fraction of sp³-hybridized carbons (Fsp3) is 0.250. The van der Waals surface area contributed by atoms with Gasteiger partial charge in [-0.1, -0.05) is 37.1 Å². The van der Waals surface area contributed by atoms with Gasteiger partial charge in [0.1, 0.15) is 0 Å². The van der Waals surface area contributed by atoms with E-state index in [9.17, 15) is 0 Å². The first-order valence-electron chi connectivity index (χ1n) is 6.12. The number of hydrogen-bond acceptors (Lipinski definition) is 3. The maximum atomic E-state index is 3.91. The van der Waals surface area contributed by atoms with Crippen LogP contribution in [0.1, 0.15) is 32.0 Å². The molecule has 0 radical (unpaired) electrons. The van der Waals surface area contributed by atoms with Crippen molar-refractivity contribution in [2.45, 2.75) is 36.1 Å². The highest BCUT2D eigenvalue weighted by molar-refractivity contribution is 8.03. The molecule has 0 nitrogen and oxygen atoms in total. The molecule has 0 aliphatic rings. The van der Waals surface area contributed by atoms with Crippen molar-refractivity contribution >= 4 is 46.6 Å². The van der Waals surface area contributed by atoms with Crippen molar-refractivity contribution in [1.82, 2.24) is 0 Å². The van der Waals surface area contributed by atoms with E-state index in [-0.39, 0.29) is 0 Å². The standard InChI is InChI=1S/C16H18S3/c1-7-13-9(3)15(17-11(13)5)19-16-10(4)14(8-2)12(6)18-16/h7-8H,1-2H2,3-6H3. The molecule has 0 aliphatic carbocycles. The van der Waals surface area contributed by atoms with E-state index in [1.807, 2.05) is 46.6 Å². The Morgan fingerprint density at radius 1 is 0.789 bits per heavy atom. The van der Waals surface area contributed by atoms with Gasteiger partial charge in [0.05, 0.1) is 8.42 Å². The maximum absolute atomic E-state index is 3.91. The van der Waals surface area contributed by atoms with Crippen LogP contribution in [0, 0.1) is 27.7 Å². The molecule has 19 heavy (non-hydrogen) atoms. The highest BCUT2D eigenvalue weighted by atomic mass is 32.2. The van der Waals surface area contributed by atoms with Gasteiger partial charge in [-0.3, -0.25) is 0 Å². The summed E-state index contributed by atoms with van der Waals surface area (Å²) < 4.78 is 2.76. The molecule has 3 heteroatoms. The average Bonchev–Trinajstić information content (AvgIpc) is 2.78. The number of thiophene rings is 2. The van der Waals surface area contributed by atoms with Crippen LogP contribution in [0.3, 0.4) is 0 Å². The Bertz CT molecular complexity index is 585. The normalized spacial score (nSPS) is 10.7. The molecule has 0 saturated heterocycles. The van der Waals surface area contributed by atoms with Gasteiger partial charge in [0.25, 0.3) is 0 Å². The van der Waals surface area contributed by atoms with Gasteiger partial charge in [-0.2, -0.15) is 0 Å². The Kier molecular flexibility index (Phi) is 4.39. The van der Waals surface area contributed by atoms with Crippen LogP contribution in [-0.4, -0.2) is 0 Å². The second-order valence-corrected chi connectivity index (χ2v) is 8.47. The summed E-state index contributed by atoms with van der Waals surface area (Å²) in [5, 5.41) is 0. The van der Waals surface area contributed by atoms with Gasteiger partial charge in [0.15, 0.2) is 0 Å². The van der Waals surface area contributed by atoms with E-state index in [0.29, 0.717) is 0 Å². The van der Waals surface area contributed by atoms with E-state index < -0.39 is 0 Å². The molecular weight excluding hydrogens is 288 g/mol. The second kappa shape index (κ2) is 5.70. The van der Waals surface area contributed by atoms with E-state index in [2.05, 4.69) is 40.9 Å². The van der Waals surface area contributed by atoms with Gasteiger partial charge in [-0.25, -0.2) is 0 Å². The minimum Gasteiger partial charge on any atom is -0.133 e. The topological polar surface area (TPSA) is 0 Å². The van der Waals surface area contributed by atoms with Gasteiger partial charge < -0.3 is 0 Å². The van der Waals surface area contributed by atoms with Gasteiger partial charge in [-0.05, 0) is 49.9 Å². The third-order valence-corrected chi connectivity index (χ3v) is 7.28. The quantitative estimate of drug-likeness (QED) is 0.623. The van der Waals surface area contributed by atoms with Gasteiger partial charge in [-0.15, -0.1) is 22.7 Å². The van der Waals surface area contributed by atoms with Crippen molar-refractivity contribution in [2.75, 3.05) is 0 Å². The Hall–Kier alpha value is -0.770. The van der Waals surface area contributed by atoms with Gasteiger partial charge >= 0.3 is 0 Å². The molecule has 0 fully saturated rings. The van der Waals surface area contributed by atoms with Crippen molar-refractivity contribution in [1.29, 1.82) is 0 Å². The smallest absolute Gasteiger partial charge is 0.0692 e. The van der Waals surface area contributed by atoms with Crippen molar-refractivity contribution in [2.24, 2.45) is 0 Å². The van der Waals surface area contributed by atoms with Crippen LogP contribution in [0.4, 0.5) is 0 Å². The summed E-state index contributed by atoms with van der Waals surface area (Å²) in [5.41, 5.74) is 5.30. The molecule has 0 unspecified atom stereocenters. The van der Waals surface area contributed by atoms with Crippen LogP contribution in [0.25, 0.3) is 12.2 Å². The number of rotatable bonds is 4. The Morgan fingerprint density at radius 3 is 1.42 bits per heavy atom. The summed E-state index contributed by atoms with van der Waals surface area (Å²) in [6.45, 7) is 16.5. The molecular formula is C16H18S3. The lowest BCUT2D eigenvalue weighted by atomic mass is 10.2. The van der Waals surface area contributed by atoms with Crippen LogP contribution < -0.4 is 0 Å². The lowest BCUT2D eigenvalue weighted by Crippen LogP contribution is -1.77. The summed E-state index contributed by atoms with van der Waals surface area (Å²) >= 11 is 5.61. The second-order valence-electron chi connectivity index (χ2n) is 4.48. The highest BCUT2D eigenvalue weighted by Gasteiger charge is 2.15. The molecule has 0 amide bonds. The number of aryl methyl sites for hydroxylation is 2. The summed E-state index contributed by atoms with van der Waals surface area (Å²) in [7, 11) is 0. The summed E-state index contributed by atoms with van der Waals surface area (Å²) in [6, 6.07) is 0. The third kappa shape index (κ3) is 2.60. The molecule has 0 N–H and O–H groups in total. The van der Waals surface area contributed by atoms with Crippen molar-refractivity contribution in [3.63, 3.8) is 0 Å². The predicted octanol–water partition coefficient (Wildman–Crippen LogP) is 6.48. The minimum absolute atomic E-state index is 1.29. The molecule has 0 aliphatic heterocycles. The van der Waals surface area contributed by atoms with Crippen LogP contribution in [0.5, 0.6) is 0 Å². The molecule has 0 aromatic carbocycles. The van der Waals surface area contributed by atoms with Crippen molar-refractivity contribution in [3.8, 4) is 0 Å². The zero-order chi connectivity index (χ0) is 14.2. The third-order valence-electron chi connectivity index (χ3n) is 3.26. The predicted molar refractivity (Wildman–Crippen MR) is 91.9 cm³/mol. The van der Waals surface area contributed by atoms with Crippen molar-refractivity contribution in [3.05, 3.63) is 45.2 Å². The Balaban J connectivity index is 2.42. The van der Waals surface area contributed by atoms with Crippen molar-refractivity contribution < 1.29 is 0 Å². The summed E-state index contributed by atoms with van der Waals surface area (Å²) in [6.07, 6.45) is 3.93. The van der Waals surface area contributed by atoms with E-state index in [0.717, 1.165) is 0 Å². The monoisotopic (exact) mass is 306 g/mol. The first-order valence-corrected chi connectivity index (χ1v) is 8.57. The van der Waals surface area contributed by atoms with Crippen LogP contribution in [-0.2, 0) is 0 Å². The lowest BCUT2D eigenvalue weighted by Gasteiger charge is -2.00. The molecule has 100 valence electrons. The van der Waals surface area contributed by atoms with Crippen LogP contribution in [0.2, 0.25) is 0 Å². The molecule has 0 atom stereocenters. The zero-order valence-corrected chi connectivity index (χ0v) is 14.2. The molecule has 0 bridgehead atoms. The first-order chi connectivity index (χ1) is 8.99. The Labute approximate surface area is 127 Å². The van der Waals surface area contributed by atoms with Crippen LogP contribution in [0.15, 0.2) is 21.6 Å². The molecule has 2 aromatic heterocycles. The van der Waals surface area contributed by atoms with Crippen LogP contribution >= 0.6 is 34.4 Å². The van der Waals surface area contributed by atoms with E-state index in [4.69, 9.17) is 0 Å². The Morgan fingerprint density at radius 2 is 1.16 bits per heavy atom. The lowest BCUT2D eigenvalue weighted by molar-refractivity contribution is 1.36. The SMILES string of the molecule is C=Cc1c(C)sc(Sc2sc(C)c(C=C)c2C)c1C. The summed E-state index contributed by atoms with van der Waals surface area (Å²) in [5.74, 6) is 0. The van der Waals surface area contributed by atoms with Gasteiger partial charge in [0, 0.05) is 9.75 Å². The molecule has 2 aromatic rings. The largest absolute Gasteiger partial charge is 0.133 e. The van der Waals surface area contributed by atoms with E-state index >= 15 is 0 Å².